The third kappa shape index (κ3) is 3.91. The topological polar surface area (TPSA) is 52.7 Å². The highest BCUT2D eigenvalue weighted by molar-refractivity contribution is 5.78. The standard InChI is InChI=1S/C18H25N3O2/c22-17-8-4-11-20(17)12-5-9-18(23)21-13-10-19-14-16(21)15-6-2-1-3-7-15/h1-3,6-7,16,19H,4-5,8-14H2/t16-/m0/s1. The summed E-state index contributed by atoms with van der Waals surface area (Å²) in [6, 6.07) is 10.3. The van der Waals surface area contributed by atoms with Crippen molar-refractivity contribution < 1.29 is 9.59 Å². The van der Waals surface area contributed by atoms with Crippen LogP contribution in [0.25, 0.3) is 0 Å². The van der Waals surface area contributed by atoms with E-state index < -0.39 is 0 Å². The molecule has 2 saturated heterocycles. The molecule has 2 fully saturated rings. The van der Waals surface area contributed by atoms with Crippen LogP contribution >= 0.6 is 0 Å². The molecular weight excluding hydrogens is 290 g/mol. The summed E-state index contributed by atoms with van der Waals surface area (Å²) in [6.45, 7) is 3.97. The Morgan fingerprint density at radius 1 is 1.22 bits per heavy atom. The first kappa shape index (κ1) is 16.0. The molecule has 0 saturated carbocycles. The summed E-state index contributed by atoms with van der Waals surface area (Å²) >= 11 is 0. The van der Waals surface area contributed by atoms with Crippen LogP contribution in [0.1, 0.15) is 37.3 Å². The Hall–Kier alpha value is -1.88. The number of carbonyl (C=O) groups is 2. The fraction of sp³-hybridized carbons (Fsp3) is 0.556. The molecular formula is C18H25N3O2. The van der Waals surface area contributed by atoms with Crippen LogP contribution in [0, 0.1) is 0 Å². The fourth-order valence-electron chi connectivity index (χ4n) is 3.48. The highest BCUT2D eigenvalue weighted by Crippen LogP contribution is 2.23. The molecule has 0 bridgehead atoms. The second-order valence-electron chi connectivity index (χ2n) is 6.31. The molecule has 1 atom stereocenters. The number of rotatable bonds is 5. The lowest BCUT2D eigenvalue weighted by Crippen LogP contribution is -2.48. The number of carbonyl (C=O) groups excluding carboxylic acids is 2. The molecule has 1 aromatic carbocycles. The number of hydrogen-bond acceptors (Lipinski definition) is 3. The van der Waals surface area contributed by atoms with E-state index in [-0.39, 0.29) is 17.9 Å². The van der Waals surface area contributed by atoms with Crippen molar-refractivity contribution >= 4 is 11.8 Å². The van der Waals surface area contributed by atoms with Gasteiger partial charge in [0.15, 0.2) is 0 Å². The molecule has 1 N–H and O–H groups in total. The van der Waals surface area contributed by atoms with Crippen molar-refractivity contribution in [2.24, 2.45) is 0 Å². The van der Waals surface area contributed by atoms with Gasteiger partial charge in [0.25, 0.3) is 0 Å². The van der Waals surface area contributed by atoms with Gasteiger partial charge in [-0.1, -0.05) is 30.3 Å². The predicted octanol–water partition coefficient (Wildman–Crippen LogP) is 1.56. The maximum absolute atomic E-state index is 12.6. The van der Waals surface area contributed by atoms with Gasteiger partial charge in [-0.15, -0.1) is 0 Å². The van der Waals surface area contributed by atoms with E-state index in [0.29, 0.717) is 19.4 Å². The highest BCUT2D eigenvalue weighted by atomic mass is 16.2. The molecule has 0 aliphatic carbocycles. The molecule has 2 aliphatic rings. The van der Waals surface area contributed by atoms with Crippen molar-refractivity contribution in [1.29, 1.82) is 0 Å². The van der Waals surface area contributed by atoms with Crippen molar-refractivity contribution in [3.05, 3.63) is 35.9 Å². The lowest BCUT2D eigenvalue weighted by Gasteiger charge is -2.36. The molecule has 2 heterocycles. The van der Waals surface area contributed by atoms with E-state index in [4.69, 9.17) is 0 Å². The number of piperazine rings is 1. The molecule has 0 radical (unpaired) electrons. The Morgan fingerprint density at radius 3 is 2.78 bits per heavy atom. The summed E-state index contributed by atoms with van der Waals surface area (Å²) in [5.41, 5.74) is 1.18. The molecule has 5 nitrogen and oxygen atoms in total. The van der Waals surface area contributed by atoms with Crippen LogP contribution in [0.3, 0.4) is 0 Å². The van der Waals surface area contributed by atoms with E-state index in [1.165, 1.54) is 5.56 Å². The maximum Gasteiger partial charge on any atom is 0.223 e. The summed E-state index contributed by atoms with van der Waals surface area (Å²) in [7, 11) is 0. The van der Waals surface area contributed by atoms with Crippen LogP contribution in [0.4, 0.5) is 0 Å². The Bertz CT molecular complexity index is 546. The molecule has 2 aliphatic heterocycles. The zero-order valence-electron chi connectivity index (χ0n) is 13.5. The highest BCUT2D eigenvalue weighted by Gasteiger charge is 2.27. The van der Waals surface area contributed by atoms with Crippen molar-refractivity contribution in [2.45, 2.75) is 31.7 Å². The quantitative estimate of drug-likeness (QED) is 0.897. The molecule has 0 aromatic heterocycles. The van der Waals surface area contributed by atoms with Gasteiger partial charge < -0.3 is 15.1 Å². The summed E-state index contributed by atoms with van der Waals surface area (Å²) in [4.78, 5) is 28.1. The van der Waals surface area contributed by atoms with E-state index in [9.17, 15) is 9.59 Å². The van der Waals surface area contributed by atoms with Crippen LogP contribution in [-0.4, -0.2) is 54.3 Å². The fourth-order valence-corrected chi connectivity index (χ4v) is 3.48. The second kappa shape index (κ2) is 7.59. The molecule has 124 valence electrons. The smallest absolute Gasteiger partial charge is 0.223 e. The summed E-state index contributed by atoms with van der Waals surface area (Å²) in [5, 5.41) is 3.38. The van der Waals surface area contributed by atoms with Gasteiger partial charge in [-0.05, 0) is 18.4 Å². The average molecular weight is 315 g/mol. The molecule has 1 aromatic rings. The van der Waals surface area contributed by atoms with Crippen molar-refractivity contribution in [3.63, 3.8) is 0 Å². The third-order valence-corrected chi connectivity index (χ3v) is 4.74. The predicted molar refractivity (Wildman–Crippen MR) is 88.8 cm³/mol. The Kier molecular flexibility index (Phi) is 5.28. The number of hydrogen-bond donors (Lipinski definition) is 1. The van der Waals surface area contributed by atoms with E-state index in [2.05, 4.69) is 17.4 Å². The zero-order valence-corrected chi connectivity index (χ0v) is 13.5. The van der Waals surface area contributed by atoms with Crippen molar-refractivity contribution in [1.82, 2.24) is 15.1 Å². The first-order chi connectivity index (χ1) is 11.3. The first-order valence-corrected chi connectivity index (χ1v) is 8.58. The third-order valence-electron chi connectivity index (χ3n) is 4.74. The van der Waals surface area contributed by atoms with Crippen molar-refractivity contribution in [3.8, 4) is 0 Å². The van der Waals surface area contributed by atoms with Gasteiger partial charge in [0.05, 0.1) is 6.04 Å². The Morgan fingerprint density at radius 2 is 2.04 bits per heavy atom. The zero-order chi connectivity index (χ0) is 16.1. The van der Waals surface area contributed by atoms with E-state index in [1.54, 1.807) is 0 Å². The lowest BCUT2D eigenvalue weighted by atomic mass is 10.0. The van der Waals surface area contributed by atoms with E-state index in [1.807, 2.05) is 28.0 Å². The molecule has 2 amide bonds. The van der Waals surface area contributed by atoms with Crippen LogP contribution in [0.2, 0.25) is 0 Å². The summed E-state index contributed by atoms with van der Waals surface area (Å²) < 4.78 is 0. The second-order valence-corrected chi connectivity index (χ2v) is 6.31. The Balaban J connectivity index is 1.55. The SMILES string of the molecule is O=C1CCCN1CCCC(=O)N1CCNC[C@H]1c1ccccc1. The van der Waals surface area contributed by atoms with Crippen LogP contribution < -0.4 is 5.32 Å². The van der Waals surface area contributed by atoms with Crippen LogP contribution in [0.5, 0.6) is 0 Å². The average Bonchev–Trinajstić information content (AvgIpc) is 3.01. The van der Waals surface area contributed by atoms with Crippen LogP contribution in [0.15, 0.2) is 30.3 Å². The lowest BCUT2D eigenvalue weighted by molar-refractivity contribution is -0.135. The minimum Gasteiger partial charge on any atom is -0.343 e. The van der Waals surface area contributed by atoms with Gasteiger partial charge in [0.1, 0.15) is 0 Å². The van der Waals surface area contributed by atoms with Gasteiger partial charge in [0, 0.05) is 45.6 Å². The van der Waals surface area contributed by atoms with Crippen LogP contribution in [-0.2, 0) is 9.59 Å². The molecule has 0 unspecified atom stereocenters. The monoisotopic (exact) mass is 315 g/mol. The van der Waals surface area contributed by atoms with Gasteiger partial charge >= 0.3 is 0 Å². The van der Waals surface area contributed by atoms with Gasteiger partial charge in [0.2, 0.25) is 11.8 Å². The molecule has 5 heteroatoms. The summed E-state index contributed by atoms with van der Waals surface area (Å²) in [6.07, 6.45) is 2.91. The molecule has 0 spiro atoms. The number of benzene rings is 1. The number of nitrogens with one attached hydrogen (secondary N) is 1. The van der Waals surface area contributed by atoms with Gasteiger partial charge in [-0.25, -0.2) is 0 Å². The minimum absolute atomic E-state index is 0.117. The Labute approximate surface area is 137 Å². The number of amides is 2. The maximum atomic E-state index is 12.6. The number of nitrogens with zero attached hydrogens (tertiary/aromatic N) is 2. The normalized spacial score (nSPS) is 21.7. The van der Waals surface area contributed by atoms with Gasteiger partial charge in [-0.3, -0.25) is 9.59 Å². The first-order valence-electron chi connectivity index (χ1n) is 8.58. The largest absolute Gasteiger partial charge is 0.343 e. The van der Waals surface area contributed by atoms with Crippen molar-refractivity contribution in [2.75, 3.05) is 32.7 Å². The minimum atomic E-state index is 0.117. The van der Waals surface area contributed by atoms with Gasteiger partial charge in [-0.2, -0.15) is 0 Å². The molecule has 3 rings (SSSR count). The summed E-state index contributed by atoms with van der Waals surface area (Å²) in [5.74, 6) is 0.439. The number of likely N-dealkylation sites (tertiary alicyclic amines) is 1. The molecule has 23 heavy (non-hydrogen) atoms. The van der Waals surface area contributed by atoms with E-state index in [0.717, 1.165) is 39.0 Å². The van der Waals surface area contributed by atoms with E-state index >= 15 is 0 Å².